The normalized spacial score (nSPS) is 16.1. The van der Waals surface area contributed by atoms with E-state index in [0.29, 0.717) is 26.1 Å². The van der Waals surface area contributed by atoms with Crippen LogP contribution in [0.3, 0.4) is 0 Å². The molecule has 1 aromatic rings. The van der Waals surface area contributed by atoms with Crippen molar-refractivity contribution in [3.8, 4) is 0 Å². The molecule has 0 unspecified atom stereocenters. The summed E-state index contributed by atoms with van der Waals surface area (Å²) in [6.07, 6.45) is 2.46. The van der Waals surface area contributed by atoms with E-state index in [1.165, 1.54) is 0 Å². The van der Waals surface area contributed by atoms with E-state index in [-0.39, 0.29) is 24.4 Å². The Morgan fingerprint density at radius 3 is 2.75 bits per heavy atom. The molecule has 1 aliphatic heterocycles. The van der Waals surface area contributed by atoms with E-state index in [9.17, 15) is 9.59 Å². The first-order valence-electron chi connectivity index (χ1n) is 8.63. The molecular weight excluding hydrogens is 304 g/mol. The lowest BCUT2D eigenvalue weighted by molar-refractivity contribution is -0.144. The van der Waals surface area contributed by atoms with E-state index in [1.807, 2.05) is 43.0 Å². The Balaban J connectivity index is 2.11. The van der Waals surface area contributed by atoms with Crippen molar-refractivity contribution in [3.63, 3.8) is 0 Å². The van der Waals surface area contributed by atoms with Gasteiger partial charge in [0.25, 0.3) is 0 Å². The van der Waals surface area contributed by atoms with Crippen molar-refractivity contribution in [2.75, 3.05) is 26.8 Å². The van der Waals surface area contributed by atoms with Crippen LogP contribution >= 0.6 is 0 Å². The summed E-state index contributed by atoms with van der Waals surface area (Å²) in [5.74, 6) is 0.0721. The van der Waals surface area contributed by atoms with Gasteiger partial charge in [-0.2, -0.15) is 0 Å². The van der Waals surface area contributed by atoms with Crippen molar-refractivity contribution in [2.24, 2.45) is 0 Å². The fraction of sp³-hybridized carbons (Fsp3) is 0.579. The molecule has 2 amide bonds. The second-order valence-electron chi connectivity index (χ2n) is 6.52. The highest BCUT2D eigenvalue weighted by atomic mass is 16.5. The number of ether oxygens (including phenoxy) is 1. The average Bonchev–Trinajstić information content (AvgIpc) is 2.56. The van der Waals surface area contributed by atoms with Gasteiger partial charge < -0.3 is 14.5 Å². The maximum Gasteiger partial charge on any atom is 0.242 e. The van der Waals surface area contributed by atoms with Crippen molar-refractivity contribution < 1.29 is 14.3 Å². The molecule has 0 bridgehead atoms. The third kappa shape index (κ3) is 4.81. The lowest BCUT2D eigenvalue weighted by Crippen LogP contribution is -2.48. The van der Waals surface area contributed by atoms with Gasteiger partial charge in [-0.3, -0.25) is 9.59 Å². The van der Waals surface area contributed by atoms with Crippen molar-refractivity contribution >= 4 is 11.8 Å². The topological polar surface area (TPSA) is 49.9 Å². The summed E-state index contributed by atoms with van der Waals surface area (Å²) in [6, 6.07) is 8.03. The number of hydrogen-bond acceptors (Lipinski definition) is 3. The molecule has 0 aromatic heterocycles. The first kappa shape index (κ1) is 18.5. The smallest absolute Gasteiger partial charge is 0.242 e. The van der Waals surface area contributed by atoms with Crippen molar-refractivity contribution in [1.29, 1.82) is 0 Å². The van der Waals surface area contributed by atoms with Crippen LogP contribution in [0.2, 0.25) is 0 Å². The second-order valence-corrected chi connectivity index (χ2v) is 6.52. The van der Waals surface area contributed by atoms with Crippen LogP contribution in [-0.4, -0.2) is 54.5 Å². The van der Waals surface area contributed by atoms with E-state index in [4.69, 9.17) is 4.74 Å². The van der Waals surface area contributed by atoms with Crippen LogP contribution in [0.4, 0.5) is 0 Å². The highest BCUT2D eigenvalue weighted by Gasteiger charge is 2.26. The molecule has 1 aromatic carbocycles. The van der Waals surface area contributed by atoms with Gasteiger partial charge in [0.1, 0.15) is 0 Å². The number of rotatable bonds is 7. The van der Waals surface area contributed by atoms with E-state index >= 15 is 0 Å². The number of carbonyl (C=O) groups is 2. The summed E-state index contributed by atoms with van der Waals surface area (Å²) in [6.45, 7) is 5.90. The number of hydrogen-bond donors (Lipinski definition) is 0. The first-order valence-corrected chi connectivity index (χ1v) is 8.63. The number of nitrogens with zero attached hydrogens (tertiary/aromatic N) is 2. The molecule has 0 N–H and O–H groups in total. The Morgan fingerprint density at radius 1 is 1.33 bits per heavy atom. The van der Waals surface area contributed by atoms with E-state index in [1.54, 1.807) is 12.0 Å². The van der Waals surface area contributed by atoms with Gasteiger partial charge in [-0.1, -0.05) is 24.3 Å². The van der Waals surface area contributed by atoms with Crippen LogP contribution in [0.15, 0.2) is 24.3 Å². The summed E-state index contributed by atoms with van der Waals surface area (Å²) in [5.41, 5.74) is 2.28. The molecule has 1 saturated heterocycles. The molecular formula is C19H28N2O3. The monoisotopic (exact) mass is 332 g/mol. The highest BCUT2D eigenvalue weighted by molar-refractivity contribution is 5.85. The third-order valence-corrected chi connectivity index (χ3v) is 4.61. The lowest BCUT2D eigenvalue weighted by Gasteiger charge is -2.33. The van der Waals surface area contributed by atoms with Crippen LogP contribution < -0.4 is 0 Å². The van der Waals surface area contributed by atoms with Gasteiger partial charge in [0.15, 0.2) is 0 Å². The minimum absolute atomic E-state index is 0.0157. The predicted octanol–water partition coefficient (Wildman–Crippen LogP) is 2.37. The zero-order chi connectivity index (χ0) is 17.5. The number of piperidine rings is 1. The third-order valence-electron chi connectivity index (χ3n) is 4.61. The zero-order valence-electron chi connectivity index (χ0n) is 15.0. The quantitative estimate of drug-likeness (QED) is 0.770. The Labute approximate surface area is 144 Å². The Morgan fingerprint density at radius 2 is 2.08 bits per heavy atom. The maximum atomic E-state index is 12.9. The molecule has 1 fully saturated rings. The van der Waals surface area contributed by atoms with Crippen LogP contribution in [0, 0.1) is 6.92 Å². The van der Waals surface area contributed by atoms with Crippen molar-refractivity contribution in [1.82, 2.24) is 9.80 Å². The molecule has 2 rings (SSSR count). The lowest BCUT2D eigenvalue weighted by atomic mass is 10.1. The first-order chi connectivity index (χ1) is 11.5. The predicted molar refractivity (Wildman–Crippen MR) is 93.5 cm³/mol. The van der Waals surface area contributed by atoms with Crippen molar-refractivity contribution in [3.05, 3.63) is 35.4 Å². The number of amides is 2. The summed E-state index contributed by atoms with van der Waals surface area (Å²) < 4.78 is 5.24. The Bertz CT molecular complexity index is 573. The van der Waals surface area contributed by atoms with Crippen LogP contribution in [0.5, 0.6) is 0 Å². The van der Waals surface area contributed by atoms with Gasteiger partial charge in [0.05, 0.1) is 19.2 Å². The molecule has 1 atom stereocenters. The molecule has 0 saturated carbocycles. The fourth-order valence-electron chi connectivity index (χ4n) is 3.08. The number of methoxy groups -OCH3 is 1. The molecule has 1 aliphatic rings. The molecule has 0 aliphatic carbocycles. The van der Waals surface area contributed by atoms with E-state index in [0.717, 1.165) is 24.0 Å². The van der Waals surface area contributed by atoms with Gasteiger partial charge in [0.2, 0.25) is 11.8 Å². The summed E-state index contributed by atoms with van der Waals surface area (Å²) in [7, 11) is 1.64. The molecule has 132 valence electrons. The molecule has 0 radical (unpaired) electrons. The molecule has 24 heavy (non-hydrogen) atoms. The highest BCUT2D eigenvalue weighted by Crippen LogP contribution is 2.15. The average molecular weight is 332 g/mol. The Kier molecular flexibility index (Phi) is 6.79. The zero-order valence-corrected chi connectivity index (χ0v) is 15.0. The molecule has 0 spiro atoms. The molecule has 5 heteroatoms. The number of benzene rings is 1. The number of carbonyl (C=O) groups excluding carboxylic acids is 2. The van der Waals surface area contributed by atoms with Gasteiger partial charge in [-0.25, -0.2) is 0 Å². The van der Waals surface area contributed by atoms with Gasteiger partial charge >= 0.3 is 0 Å². The SMILES string of the molecule is COC[C@H](C)N(Cc1ccccc1C)C(=O)CN1CCCCC1=O. The number of aryl methyl sites for hydroxylation is 1. The molecule has 1 heterocycles. The summed E-state index contributed by atoms with van der Waals surface area (Å²) in [5, 5.41) is 0. The van der Waals surface area contributed by atoms with E-state index in [2.05, 4.69) is 0 Å². The van der Waals surface area contributed by atoms with Crippen molar-refractivity contribution in [2.45, 2.75) is 45.7 Å². The second kappa shape index (κ2) is 8.83. The summed E-state index contributed by atoms with van der Waals surface area (Å²) in [4.78, 5) is 28.4. The van der Waals surface area contributed by atoms with Gasteiger partial charge in [-0.05, 0) is 37.8 Å². The fourth-order valence-corrected chi connectivity index (χ4v) is 3.08. The Hall–Kier alpha value is -1.88. The van der Waals surface area contributed by atoms with Crippen LogP contribution in [0.25, 0.3) is 0 Å². The standard InChI is InChI=1S/C19H28N2O3/c1-15-8-4-5-9-17(15)12-21(16(2)14-24-3)19(23)13-20-11-7-6-10-18(20)22/h4-5,8-9,16H,6-7,10-14H2,1-3H3/t16-/m0/s1. The minimum Gasteiger partial charge on any atom is -0.383 e. The minimum atomic E-state index is -0.0398. The van der Waals surface area contributed by atoms with E-state index < -0.39 is 0 Å². The van der Waals surface area contributed by atoms with Crippen LogP contribution in [0.1, 0.15) is 37.3 Å². The number of likely N-dealkylation sites (tertiary alicyclic amines) is 1. The van der Waals surface area contributed by atoms with Crippen LogP contribution in [-0.2, 0) is 20.9 Å². The summed E-state index contributed by atoms with van der Waals surface area (Å²) >= 11 is 0. The maximum absolute atomic E-state index is 12.9. The largest absolute Gasteiger partial charge is 0.383 e. The van der Waals surface area contributed by atoms with Gasteiger partial charge in [0, 0.05) is 26.6 Å². The van der Waals surface area contributed by atoms with Gasteiger partial charge in [-0.15, -0.1) is 0 Å². The molecule has 5 nitrogen and oxygen atoms in total.